The first-order valence-electron chi connectivity index (χ1n) is 7.90. The average molecular weight is 393 g/mol. The van der Waals surface area contributed by atoms with Crippen molar-refractivity contribution in [2.45, 2.75) is 19.3 Å². The van der Waals surface area contributed by atoms with Crippen molar-refractivity contribution in [3.8, 4) is 5.75 Å². The summed E-state index contributed by atoms with van der Waals surface area (Å²) in [6, 6.07) is 9.44. The molecule has 0 spiro atoms. The van der Waals surface area contributed by atoms with Crippen LogP contribution in [0.5, 0.6) is 5.75 Å². The van der Waals surface area contributed by atoms with Crippen LogP contribution in [0, 0.1) is 0 Å². The number of nitrogens with zero attached hydrogens (tertiary/aromatic N) is 2. The van der Waals surface area contributed by atoms with Crippen LogP contribution in [0.1, 0.15) is 19.3 Å². The van der Waals surface area contributed by atoms with Crippen LogP contribution < -0.4 is 15.4 Å². The number of anilines is 1. The molecule has 1 amide bonds. The Morgan fingerprint density at radius 1 is 1.08 bits per heavy atom. The molecule has 0 fully saturated rings. The van der Waals surface area contributed by atoms with E-state index in [4.69, 9.17) is 4.74 Å². The topological polar surface area (TPSA) is 76.1 Å². The Labute approximate surface area is 150 Å². The van der Waals surface area contributed by atoms with Crippen molar-refractivity contribution in [1.82, 2.24) is 15.3 Å². The van der Waals surface area contributed by atoms with Gasteiger partial charge in [-0.3, -0.25) is 4.79 Å². The van der Waals surface area contributed by atoms with Crippen LogP contribution in [0.15, 0.2) is 47.2 Å². The van der Waals surface area contributed by atoms with Crippen molar-refractivity contribution in [3.05, 3.63) is 47.2 Å². The van der Waals surface area contributed by atoms with Crippen LogP contribution in [-0.4, -0.2) is 35.6 Å². The molecule has 128 valence electrons. The van der Waals surface area contributed by atoms with Crippen LogP contribution in [-0.2, 0) is 4.79 Å². The number of nitrogens with one attached hydrogen (secondary N) is 2. The average Bonchev–Trinajstić information content (AvgIpc) is 2.61. The van der Waals surface area contributed by atoms with Gasteiger partial charge in [-0.15, -0.1) is 0 Å². The quantitative estimate of drug-likeness (QED) is 0.607. The monoisotopic (exact) mass is 392 g/mol. The molecule has 1 heterocycles. The number of benzene rings is 1. The molecule has 7 heteroatoms. The number of amides is 1. The highest BCUT2D eigenvalue weighted by molar-refractivity contribution is 9.10. The van der Waals surface area contributed by atoms with Gasteiger partial charge in [-0.1, -0.05) is 12.1 Å². The highest BCUT2D eigenvalue weighted by Gasteiger charge is 2.03. The minimum atomic E-state index is 0.0432. The third-order valence-corrected chi connectivity index (χ3v) is 3.82. The molecule has 0 aliphatic carbocycles. The molecule has 0 bridgehead atoms. The van der Waals surface area contributed by atoms with Crippen LogP contribution >= 0.6 is 15.9 Å². The maximum Gasteiger partial charge on any atom is 0.222 e. The lowest BCUT2D eigenvalue weighted by atomic mass is 10.3. The van der Waals surface area contributed by atoms with Crippen molar-refractivity contribution in [3.63, 3.8) is 0 Å². The first-order chi connectivity index (χ1) is 11.8. The molecule has 0 aliphatic rings. The summed E-state index contributed by atoms with van der Waals surface area (Å²) < 4.78 is 6.55. The Kier molecular flexibility index (Phi) is 8.03. The molecule has 0 radical (unpaired) electrons. The van der Waals surface area contributed by atoms with E-state index >= 15 is 0 Å². The van der Waals surface area contributed by atoms with Gasteiger partial charge in [0.15, 0.2) is 0 Å². The number of halogens is 1. The number of aromatic nitrogens is 2. The Bertz CT molecular complexity index is 625. The van der Waals surface area contributed by atoms with Gasteiger partial charge < -0.3 is 15.4 Å². The second-order valence-electron chi connectivity index (χ2n) is 5.09. The number of hydrogen-bond acceptors (Lipinski definition) is 5. The fraction of sp³-hybridized carbons (Fsp3) is 0.353. The van der Waals surface area contributed by atoms with Crippen LogP contribution in [0.3, 0.4) is 0 Å². The van der Waals surface area contributed by atoms with Crippen molar-refractivity contribution in [1.29, 1.82) is 0 Å². The molecular weight excluding hydrogens is 372 g/mol. The molecule has 0 aliphatic heterocycles. The summed E-state index contributed by atoms with van der Waals surface area (Å²) in [5, 5.41) is 5.99. The zero-order valence-corrected chi connectivity index (χ0v) is 15.0. The summed E-state index contributed by atoms with van der Waals surface area (Å²) in [6.07, 6.45) is 5.33. The maximum absolute atomic E-state index is 11.7. The third kappa shape index (κ3) is 6.95. The first-order valence-corrected chi connectivity index (χ1v) is 8.70. The summed E-state index contributed by atoms with van der Waals surface area (Å²) in [7, 11) is 0. The number of para-hydroxylation sites is 1. The SMILES string of the molecule is O=C(CCCOc1ccccc1Br)NCCCNc1ncccn1. The highest BCUT2D eigenvalue weighted by Crippen LogP contribution is 2.23. The summed E-state index contributed by atoms with van der Waals surface area (Å²) in [5.74, 6) is 1.45. The van der Waals surface area contributed by atoms with E-state index in [9.17, 15) is 4.79 Å². The zero-order chi connectivity index (χ0) is 17.0. The van der Waals surface area contributed by atoms with Gasteiger partial charge >= 0.3 is 0 Å². The van der Waals surface area contributed by atoms with Gasteiger partial charge in [0.2, 0.25) is 11.9 Å². The molecule has 2 N–H and O–H groups in total. The predicted octanol–water partition coefficient (Wildman–Crippen LogP) is 3.02. The molecular formula is C17H21BrN4O2. The lowest BCUT2D eigenvalue weighted by Crippen LogP contribution is -2.26. The van der Waals surface area contributed by atoms with E-state index in [0.717, 1.165) is 23.2 Å². The molecule has 2 aromatic rings. The van der Waals surface area contributed by atoms with E-state index in [1.165, 1.54) is 0 Å². The van der Waals surface area contributed by atoms with Gasteiger partial charge in [-0.25, -0.2) is 9.97 Å². The maximum atomic E-state index is 11.7. The van der Waals surface area contributed by atoms with E-state index in [0.29, 0.717) is 31.9 Å². The minimum Gasteiger partial charge on any atom is -0.492 e. The Hall–Kier alpha value is -2.15. The smallest absolute Gasteiger partial charge is 0.222 e. The normalized spacial score (nSPS) is 10.2. The van der Waals surface area contributed by atoms with Crippen molar-refractivity contribution in [2.75, 3.05) is 25.0 Å². The molecule has 24 heavy (non-hydrogen) atoms. The van der Waals surface area contributed by atoms with Gasteiger partial charge in [-0.2, -0.15) is 0 Å². The highest BCUT2D eigenvalue weighted by atomic mass is 79.9. The van der Waals surface area contributed by atoms with Gasteiger partial charge in [0, 0.05) is 31.9 Å². The molecule has 0 atom stereocenters. The predicted molar refractivity (Wildman–Crippen MR) is 97.0 cm³/mol. The minimum absolute atomic E-state index is 0.0432. The van der Waals surface area contributed by atoms with Crippen molar-refractivity contribution < 1.29 is 9.53 Å². The Balaban J connectivity index is 1.49. The lowest BCUT2D eigenvalue weighted by Gasteiger charge is -2.08. The van der Waals surface area contributed by atoms with Gasteiger partial charge in [0.25, 0.3) is 0 Å². The molecule has 2 rings (SSSR count). The lowest BCUT2D eigenvalue weighted by molar-refractivity contribution is -0.121. The van der Waals surface area contributed by atoms with Crippen LogP contribution in [0.4, 0.5) is 5.95 Å². The van der Waals surface area contributed by atoms with Crippen molar-refractivity contribution >= 4 is 27.8 Å². The number of hydrogen-bond donors (Lipinski definition) is 2. The fourth-order valence-corrected chi connectivity index (χ4v) is 2.37. The molecule has 0 saturated carbocycles. The second-order valence-corrected chi connectivity index (χ2v) is 5.94. The summed E-state index contributed by atoms with van der Waals surface area (Å²) in [5.41, 5.74) is 0. The van der Waals surface area contributed by atoms with E-state index in [1.54, 1.807) is 18.5 Å². The van der Waals surface area contributed by atoms with Crippen molar-refractivity contribution in [2.24, 2.45) is 0 Å². The fourth-order valence-electron chi connectivity index (χ4n) is 1.97. The Morgan fingerprint density at radius 3 is 2.67 bits per heavy atom. The first kappa shape index (κ1) is 18.2. The van der Waals surface area contributed by atoms with Crippen LogP contribution in [0.25, 0.3) is 0 Å². The summed E-state index contributed by atoms with van der Waals surface area (Å²) in [6.45, 7) is 1.86. The number of carbonyl (C=O) groups is 1. The number of rotatable bonds is 10. The van der Waals surface area contributed by atoms with E-state index in [1.807, 2.05) is 24.3 Å². The largest absolute Gasteiger partial charge is 0.492 e. The molecule has 0 saturated heterocycles. The van der Waals surface area contributed by atoms with Gasteiger partial charge in [0.05, 0.1) is 11.1 Å². The Morgan fingerprint density at radius 2 is 1.88 bits per heavy atom. The molecule has 1 aromatic heterocycles. The third-order valence-electron chi connectivity index (χ3n) is 3.17. The standard InChI is InChI=1S/C17H21BrN4O2/c18-14-6-1-2-7-15(14)24-13-3-8-16(23)19-9-4-10-20-17-21-11-5-12-22-17/h1-2,5-7,11-12H,3-4,8-10,13H2,(H,19,23)(H,20,21,22). The summed E-state index contributed by atoms with van der Waals surface area (Å²) >= 11 is 3.42. The van der Waals surface area contributed by atoms with E-state index in [-0.39, 0.29) is 5.91 Å². The van der Waals surface area contributed by atoms with Gasteiger partial charge in [0.1, 0.15) is 5.75 Å². The van der Waals surface area contributed by atoms with E-state index < -0.39 is 0 Å². The number of carbonyl (C=O) groups excluding carboxylic acids is 1. The van der Waals surface area contributed by atoms with E-state index in [2.05, 4.69) is 36.5 Å². The molecule has 1 aromatic carbocycles. The zero-order valence-electron chi connectivity index (χ0n) is 13.4. The van der Waals surface area contributed by atoms with Crippen LogP contribution in [0.2, 0.25) is 0 Å². The molecule has 0 unspecified atom stereocenters. The van der Waals surface area contributed by atoms with Gasteiger partial charge in [-0.05, 0) is 47.0 Å². The summed E-state index contributed by atoms with van der Waals surface area (Å²) in [4.78, 5) is 19.9. The number of ether oxygens (including phenoxy) is 1. The second kappa shape index (κ2) is 10.6. The molecule has 6 nitrogen and oxygen atoms in total.